The molecule has 0 spiro atoms. The Hall–Kier alpha value is -4.18. The van der Waals surface area contributed by atoms with Crippen LogP contribution in [0.2, 0.25) is 0 Å². The monoisotopic (exact) mass is 476 g/mol. The second-order valence-corrected chi connectivity index (χ2v) is 8.83. The highest BCUT2D eigenvalue weighted by atomic mass is 16.2. The second kappa shape index (κ2) is 13.1. The number of rotatable bonds is 11. The van der Waals surface area contributed by atoms with E-state index >= 15 is 0 Å². The second-order valence-electron chi connectivity index (χ2n) is 8.83. The van der Waals surface area contributed by atoms with Crippen molar-refractivity contribution in [3.63, 3.8) is 0 Å². The Balaban J connectivity index is 1.57. The smallest absolute Gasteiger partial charge is 0.247 e. The standard InChI is InChI=1S/C32H32N2O2/c35-30(22-21-26-13-5-1-6-14-26)34(25-28-17-9-3-10-18-28)31(29-19-11-4-12-20-29)32(36)33-24-23-27-15-7-2-8-16-27/h1-20,31H,21-25H2,(H,33,36)/t31-/m1/s1. The highest BCUT2D eigenvalue weighted by molar-refractivity contribution is 5.88. The van der Waals surface area contributed by atoms with Crippen molar-refractivity contribution in [3.05, 3.63) is 144 Å². The zero-order chi connectivity index (χ0) is 25.0. The van der Waals surface area contributed by atoms with E-state index in [4.69, 9.17) is 0 Å². The molecule has 2 amide bonds. The maximum absolute atomic E-state index is 13.7. The van der Waals surface area contributed by atoms with Crippen molar-refractivity contribution in [2.24, 2.45) is 0 Å². The zero-order valence-corrected chi connectivity index (χ0v) is 20.4. The maximum atomic E-state index is 13.7. The number of benzene rings is 4. The summed E-state index contributed by atoms with van der Waals surface area (Å²) in [6, 6.07) is 38.8. The van der Waals surface area contributed by atoms with Crippen LogP contribution in [0.3, 0.4) is 0 Å². The summed E-state index contributed by atoms with van der Waals surface area (Å²) in [5.41, 5.74) is 4.06. The van der Waals surface area contributed by atoms with Crippen LogP contribution in [-0.4, -0.2) is 23.3 Å². The third kappa shape index (κ3) is 7.16. The van der Waals surface area contributed by atoms with Crippen LogP contribution in [0.25, 0.3) is 0 Å². The quantitative estimate of drug-likeness (QED) is 0.300. The molecule has 4 rings (SSSR count). The molecule has 182 valence electrons. The van der Waals surface area contributed by atoms with Gasteiger partial charge in [0, 0.05) is 19.5 Å². The average Bonchev–Trinajstić information content (AvgIpc) is 2.94. The summed E-state index contributed by atoms with van der Waals surface area (Å²) < 4.78 is 0. The molecule has 0 aliphatic rings. The summed E-state index contributed by atoms with van der Waals surface area (Å²) in [6.45, 7) is 0.865. The largest absolute Gasteiger partial charge is 0.354 e. The van der Waals surface area contributed by atoms with Crippen LogP contribution in [0, 0.1) is 0 Å². The lowest BCUT2D eigenvalue weighted by Crippen LogP contribution is -2.44. The summed E-state index contributed by atoms with van der Waals surface area (Å²) in [5, 5.41) is 3.09. The molecule has 1 atom stereocenters. The number of nitrogens with zero attached hydrogens (tertiary/aromatic N) is 1. The molecular weight excluding hydrogens is 444 g/mol. The Morgan fingerprint density at radius 3 is 1.64 bits per heavy atom. The maximum Gasteiger partial charge on any atom is 0.247 e. The molecule has 1 N–H and O–H groups in total. The molecule has 4 nitrogen and oxygen atoms in total. The summed E-state index contributed by atoms with van der Waals surface area (Å²) in [4.78, 5) is 29.0. The minimum absolute atomic E-state index is 0.0465. The van der Waals surface area contributed by atoms with Gasteiger partial charge in [-0.3, -0.25) is 9.59 Å². The van der Waals surface area contributed by atoms with Crippen LogP contribution in [0.1, 0.15) is 34.7 Å². The van der Waals surface area contributed by atoms with E-state index in [-0.39, 0.29) is 11.8 Å². The van der Waals surface area contributed by atoms with Gasteiger partial charge >= 0.3 is 0 Å². The first-order valence-corrected chi connectivity index (χ1v) is 12.4. The summed E-state index contributed by atoms with van der Waals surface area (Å²) in [5.74, 6) is -0.212. The predicted molar refractivity (Wildman–Crippen MR) is 144 cm³/mol. The number of carbonyl (C=O) groups excluding carboxylic acids is 2. The van der Waals surface area contributed by atoms with Crippen molar-refractivity contribution in [2.45, 2.75) is 31.8 Å². The summed E-state index contributed by atoms with van der Waals surface area (Å²) >= 11 is 0. The van der Waals surface area contributed by atoms with Gasteiger partial charge in [0.1, 0.15) is 6.04 Å². The lowest BCUT2D eigenvalue weighted by atomic mass is 10.0. The highest BCUT2D eigenvalue weighted by Gasteiger charge is 2.31. The van der Waals surface area contributed by atoms with Crippen LogP contribution in [0.15, 0.2) is 121 Å². The predicted octanol–water partition coefficient (Wildman–Crippen LogP) is 5.75. The zero-order valence-electron chi connectivity index (χ0n) is 20.4. The molecule has 0 saturated carbocycles. The minimum Gasteiger partial charge on any atom is -0.354 e. The van der Waals surface area contributed by atoms with Crippen molar-refractivity contribution in [2.75, 3.05) is 6.54 Å². The van der Waals surface area contributed by atoms with E-state index in [0.717, 1.165) is 28.7 Å². The normalized spacial score (nSPS) is 11.4. The van der Waals surface area contributed by atoms with Crippen LogP contribution < -0.4 is 5.32 Å². The number of hydrogen-bond donors (Lipinski definition) is 1. The van der Waals surface area contributed by atoms with Crippen molar-refractivity contribution in [1.29, 1.82) is 0 Å². The molecule has 36 heavy (non-hydrogen) atoms. The first-order chi connectivity index (χ1) is 17.7. The summed E-state index contributed by atoms with van der Waals surface area (Å²) in [7, 11) is 0. The molecule has 4 aromatic rings. The molecule has 0 unspecified atom stereocenters. The fraction of sp³-hybridized carbons (Fsp3) is 0.188. The molecule has 0 bridgehead atoms. The third-order valence-corrected chi connectivity index (χ3v) is 6.22. The van der Waals surface area contributed by atoms with Gasteiger partial charge in [-0.05, 0) is 35.1 Å². The Morgan fingerprint density at radius 1 is 0.611 bits per heavy atom. The number of nitrogens with one attached hydrogen (secondary N) is 1. The molecule has 4 aromatic carbocycles. The van der Waals surface area contributed by atoms with Crippen molar-refractivity contribution >= 4 is 11.8 Å². The topological polar surface area (TPSA) is 49.4 Å². The Labute approximate surface area is 213 Å². The van der Waals surface area contributed by atoms with Crippen LogP contribution in [-0.2, 0) is 29.0 Å². The first kappa shape index (κ1) is 24.9. The van der Waals surface area contributed by atoms with E-state index in [1.807, 2.05) is 109 Å². The SMILES string of the molecule is O=C(NCCc1ccccc1)[C@@H](c1ccccc1)N(Cc1ccccc1)C(=O)CCc1ccccc1. The van der Waals surface area contributed by atoms with Crippen LogP contribution in [0.4, 0.5) is 0 Å². The molecule has 0 aromatic heterocycles. The first-order valence-electron chi connectivity index (χ1n) is 12.4. The van der Waals surface area contributed by atoms with Crippen molar-refractivity contribution in [3.8, 4) is 0 Å². The van der Waals surface area contributed by atoms with E-state index < -0.39 is 6.04 Å². The van der Waals surface area contributed by atoms with Gasteiger partial charge in [0.15, 0.2) is 0 Å². The number of amides is 2. The van der Waals surface area contributed by atoms with Gasteiger partial charge in [-0.15, -0.1) is 0 Å². The Morgan fingerprint density at radius 2 is 1.08 bits per heavy atom. The van der Waals surface area contributed by atoms with Gasteiger partial charge in [-0.1, -0.05) is 121 Å². The fourth-order valence-electron chi connectivity index (χ4n) is 4.32. The van der Waals surface area contributed by atoms with Crippen molar-refractivity contribution < 1.29 is 9.59 Å². The molecule has 0 heterocycles. The molecule has 0 radical (unpaired) electrons. The van der Waals surface area contributed by atoms with E-state index in [1.54, 1.807) is 4.90 Å². The molecule has 0 saturated heterocycles. The van der Waals surface area contributed by atoms with Gasteiger partial charge in [-0.25, -0.2) is 0 Å². The molecule has 4 heteroatoms. The number of hydrogen-bond acceptors (Lipinski definition) is 2. The lowest BCUT2D eigenvalue weighted by Gasteiger charge is -2.32. The highest BCUT2D eigenvalue weighted by Crippen LogP contribution is 2.25. The molecular formula is C32H32N2O2. The van der Waals surface area contributed by atoms with E-state index in [0.29, 0.717) is 25.9 Å². The van der Waals surface area contributed by atoms with Gasteiger partial charge in [-0.2, -0.15) is 0 Å². The minimum atomic E-state index is -0.717. The number of aryl methyl sites for hydroxylation is 1. The van der Waals surface area contributed by atoms with E-state index in [1.165, 1.54) is 0 Å². The Bertz CT molecular complexity index is 1210. The van der Waals surface area contributed by atoms with Gasteiger partial charge < -0.3 is 10.2 Å². The van der Waals surface area contributed by atoms with Gasteiger partial charge in [0.25, 0.3) is 0 Å². The van der Waals surface area contributed by atoms with E-state index in [2.05, 4.69) is 17.4 Å². The van der Waals surface area contributed by atoms with E-state index in [9.17, 15) is 9.59 Å². The van der Waals surface area contributed by atoms with Gasteiger partial charge in [0.2, 0.25) is 11.8 Å². The van der Waals surface area contributed by atoms with Gasteiger partial charge in [0.05, 0.1) is 0 Å². The molecule has 0 aliphatic carbocycles. The summed E-state index contributed by atoms with van der Waals surface area (Å²) in [6.07, 6.45) is 1.69. The average molecular weight is 477 g/mol. The number of carbonyl (C=O) groups is 2. The lowest BCUT2D eigenvalue weighted by molar-refractivity contribution is -0.141. The fourth-order valence-corrected chi connectivity index (χ4v) is 4.32. The van der Waals surface area contributed by atoms with Crippen molar-refractivity contribution in [1.82, 2.24) is 10.2 Å². The third-order valence-electron chi connectivity index (χ3n) is 6.22. The van der Waals surface area contributed by atoms with Crippen LogP contribution in [0.5, 0.6) is 0 Å². The molecule has 0 fully saturated rings. The van der Waals surface area contributed by atoms with Crippen LogP contribution >= 0.6 is 0 Å². The molecule has 0 aliphatic heterocycles. The Kier molecular flexibility index (Phi) is 9.04.